The molecule has 1 saturated carbocycles. The standard InChI is InChI=1S/C12H24N2O.ClH/c13-9-4-10-14-12(15)8-7-11-5-2-1-3-6-11;/h11H,1-10,13H2,(H,14,15);1H. The van der Waals surface area contributed by atoms with Crippen LogP contribution in [0.5, 0.6) is 0 Å². The van der Waals surface area contributed by atoms with Gasteiger partial charge in [-0.3, -0.25) is 4.79 Å². The van der Waals surface area contributed by atoms with Crippen molar-refractivity contribution in [1.29, 1.82) is 0 Å². The molecular weight excluding hydrogens is 224 g/mol. The number of carbonyl (C=O) groups excluding carboxylic acids is 1. The van der Waals surface area contributed by atoms with Gasteiger partial charge in [-0.2, -0.15) is 0 Å². The molecule has 1 rings (SSSR count). The van der Waals surface area contributed by atoms with Crippen LogP contribution in [0.25, 0.3) is 0 Å². The third-order valence-corrected chi connectivity index (χ3v) is 3.21. The number of hydrogen-bond acceptors (Lipinski definition) is 2. The molecule has 1 aliphatic rings. The molecule has 3 N–H and O–H groups in total. The molecule has 0 aromatic rings. The van der Waals surface area contributed by atoms with E-state index >= 15 is 0 Å². The Kier molecular flexibility index (Phi) is 9.74. The van der Waals surface area contributed by atoms with E-state index < -0.39 is 0 Å². The molecule has 0 bridgehead atoms. The van der Waals surface area contributed by atoms with Gasteiger partial charge in [0.05, 0.1) is 0 Å². The van der Waals surface area contributed by atoms with E-state index in [2.05, 4.69) is 5.32 Å². The molecule has 0 atom stereocenters. The third-order valence-electron chi connectivity index (χ3n) is 3.21. The number of rotatable bonds is 6. The van der Waals surface area contributed by atoms with Crippen molar-refractivity contribution in [2.75, 3.05) is 13.1 Å². The van der Waals surface area contributed by atoms with Gasteiger partial charge in [0.2, 0.25) is 5.91 Å². The molecule has 1 aliphatic carbocycles. The molecule has 0 saturated heterocycles. The molecule has 0 spiro atoms. The van der Waals surface area contributed by atoms with Gasteiger partial charge in [-0.05, 0) is 25.3 Å². The summed E-state index contributed by atoms with van der Waals surface area (Å²) in [4.78, 5) is 11.4. The summed E-state index contributed by atoms with van der Waals surface area (Å²) in [7, 11) is 0. The van der Waals surface area contributed by atoms with Crippen LogP contribution in [0.4, 0.5) is 0 Å². The SMILES string of the molecule is Cl.NCCCNC(=O)CCC1CCCCC1. The number of hydrogen-bond donors (Lipinski definition) is 2. The zero-order valence-electron chi connectivity index (χ0n) is 10.0. The van der Waals surface area contributed by atoms with Crippen LogP contribution in [0.15, 0.2) is 0 Å². The average Bonchev–Trinajstić information content (AvgIpc) is 2.28. The smallest absolute Gasteiger partial charge is 0.220 e. The van der Waals surface area contributed by atoms with Gasteiger partial charge in [0.1, 0.15) is 0 Å². The summed E-state index contributed by atoms with van der Waals surface area (Å²) in [5, 5.41) is 2.90. The Bertz CT molecular complexity index is 182. The monoisotopic (exact) mass is 248 g/mol. The molecule has 0 aliphatic heterocycles. The Morgan fingerprint density at radius 3 is 2.56 bits per heavy atom. The molecule has 96 valence electrons. The predicted molar refractivity (Wildman–Crippen MR) is 69.7 cm³/mol. The Morgan fingerprint density at radius 2 is 1.94 bits per heavy atom. The lowest BCUT2D eigenvalue weighted by Crippen LogP contribution is -2.26. The van der Waals surface area contributed by atoms with E-state index in [1.807, 2.05) is 0 Å². The first kappa shape index (κ1) is 15.7. The fraction of sp³-hybridized carbons (Fsp3) is 0.917. The minimum Gasteiger partial charge on any atom is -0.356 e. The summed E-state index contributed by atoms with van der Waals surface area (Å²) in [6.45, 7) is 1.39. The van der Waals surface area contributed by atoms with Crippen molar-refractivity contribution < 1.29 is 4.79 Å². The van der Waals surface area contributed by atoms with Crippen LogP contribution in [0.2, 0.25) is 0 Å². The van der Waals surface area contributed by atoms with E-state index in [0.29, 0.717) is 13.0 Å². The van der Waals surface area contributed by atoms with Gasteiger partial charge in [-0.15, -0.1) is 12.4 Å². The number of carbonyl (C=O) groups is 1. The second kappa shape index (κ2) is 9.91. The topological polar surface area (TPSA) is 55.1 Å². The number of amides is 1. The Morgan fingerprint density at radius 1 is 1.25 bits per heavy atom. The highest BCUT2D eigenvalue weighted by Gasteiger charge is 2.14. The second-order valence-corrected chi connectivity index (χ2v) is 4.53. The first-order valence-corrected chi connectivity index (χ1v) is 6.29. The van der Waals surface area contributed by atoms with E-state index in [1.165, 1.54) is 32.1 Å². The van der Waals surface area contributed by atoms with E-state index in [9.17, 15) is 4.79 Å². The summed E-state index contributed by atoms with van der Waals surface area (Å²) >= 11 is 0. The summed E-state index contributed by atoms with van der Waals surface area (Å²) in [5.41, 5.74) is 5.35. The average molecular weight is 249 g/mol. The van der Waals surface area contributed by atoms with Crippen molar-refractivity contribution in [2.45, 2.75) is 51.4 Å². The maximum absolute atomic E-state index is 11.4. The second-order valence-electron chi connectivity index (χ2n) is 4.53. The van der Waals surface area contributed by atoms with Crippen LogP contribution >= 0.6 is 12.4 Å². The van der Waals surface area contributed by atoms with Gasteiger partial charge in [0.25, 0.3) is 0 Å². The highest BCUT2D eigenvalue weighted by Crippen LogP contribution is 2.27. The minimum atomic E-state index is 0. The van der Waals surface area contributed by atoms with Crippen LogP contribution in [0, 0.1) is 5.92 Å². The minimum absolute atomic E-state index is 0. The molecular formula is C12H25ClN2O. The molecule has 0 aromatic carbocycles. The Hall–Kier alpha value is -0.280. The zero-order valence-corrected chi connectivity index (χ0v) is 10.9. The highest BCUT2D eigenvalue weighted by atomic mass is 35.5. The number of nitrogens with two attached hydrogens (primary N) is 1. The van der Waals surface area contributed by atoms with E-state index in [0.717, 1.165) is 25.3 Å². The molecule has 0 unspecified atom stereocenters. The zero-order chi connectivity index (χ0) is 10.9. The third kappa shape index (κ3) is 7.07. The lowest BCUT2D eigenvalue weighted by atomic mass is 9.86. The van der Waals surface area contributed by atoms with Crippen molar-refractivity contribution >= 4 is 18.3 Å². The fourth-order valence-electron chi connectivity index (χ4n) is 2.23. The summed E-state index contributed by atoms with van der Waals surface area (Å²) in [6, 6.07) is 0. The summed E-state index contributed by atoms with van der Waals surface area (Å²) in [5.74, 6) is 1.01. The molecule has 16 heavy (non-hydrogen) atoms. The molecule has 1 fully saturated rings. The molecule has 4 heteroatoms. The molecule has 1 amide bonds. The van der Waals surface area contributed by atoms with Crippen LogP contribution in [-0.4, -0.2) is 19.0 Å². The van der Waals surface area contributed by atoms with Gasteiger partial charge in [0.15, 0.2) is 0 Å². The van der Waals surface area contributed by atoms with E-state index in [1.54, 1.807) is 0 Å². The largest absolute Gasteiger partial charge is 0.356 e. The quantitative estimate of drug-likeness (QED) is 0.709. The van der Waals surface area contributed by atoms with Crippen molar-refractivity contribution in [3.05, 3.63) is 0 Å². The molecule has 3 nitrogen and oxygen atoms in total. The summed E-state index contributed by atoms with van der Waals surface area (Å²) in [6.07, 6.45) is 9.43. The lowest BCUT2D eigenvalue weighted by Gasteiger charge is -2.20. The van der Waals surface area contributed by atoms with Crippen molar-refractivity contribution in [3.8, 4) is 0 Å². The van der Waals surface area contributed by atoms with Crippen molar-refractivity contribution in [3.63, 3.8) is 0 Å². The lowest BCUT2D eigenvalue weighted by molar-refractivity contribution is -0.121. The molecule has 0 heterocycles. The Balaban J connectivity index is 0.00000225. The van der Waals surface area contributed by atoms with Gasteiger partial charge in [-0.1, -0.05) is 32.1 Å². The van der Waals surface area contributed by atoms with Crippen LogP contribution in [0.1, 0.15) is 51.4 Å². The van der Waals surface area contributed by atoms with Gasteiger partial charge in [-0.25, -0.2) is 0 Å². The maximum atomic E-state index is 11.4. The first-order chi connectivity index (χ1) is 7.33. The summed E-state index contributed by atoms with van der Waals surface area (Å²) < 4.78 is 0. The maximum Gasteiger partial charge on any atom is 0.220 e. The fourth-order valence-corrected chi connectivity index (χ4v) is 2.23. The first-order valence-electron chi connectivity index (χ1n) is 6.29. The van der Waals surface area contributed by atoms with E-state index in [4.69, 9.17) is 5.73 Å². The molecule has 0 radical (unpaired) electrons. The number of nitrogens with one attached hydrogen (secondary N) is 1. The van der Waals surface area contributed by atoms with Gasteiger partial charge >= 0.3 is 0 Å². The van der Waals surface area contributed by atoms with Gasteiger partial charge < -0.3 is 11.1 Å². The van der Waals surface area contributed by atoms with Crippen LogP contribution in [-0.2, 0) is 4.79 Å². The Labute approximate surface area is 105 Å². The van der Waals surface area contributed by atoms with E-state index in [-0.39, 0.29) is 18.3 Å². The van der Waals surface area contributed by atoms with Crippen LogP contribution < -0.4 is 11.1 Å². The van der Waals surface area contributed by atoms with Crippen molar-refractivity contribution in [2.24, 2.45) is 11.7 Å². The van der Waals surface area contributed by atoms with Crippen molar-refractivity contribution in [1.82, 2.24) is 5.32 Å². The molecule has 0 aromatic heterocycles. The van der Waals surface area contributed by atoms with Gasteiger partial charge in [0, 0.05) is 13.0 Å². The normalized spacial score (nSPS) is 16.6. The predicted octanol–water partition coefficient (Wildman–Crippen LogP) is 2.23. The highest BCUT2D eigenvalue weighted by molar-refractivity contribution is 5.85. The van der Waals surface area contributed by atoms with Crippen LogP contribution in [0.3, 0.4) is 0 Å². The number of halogens is 1.